The van der Waals surface area contributed by atoms with Crippen LogP contribution in [0.5, 0.6) is 0 Å². The summed E-state index contributed by atoms with van der Waals surface area (Å²) >= 11 is 0.921. The second-order valence-corrected chi connectivity index (χ2v) is 4.51. The number of nitrogens with zero attached hydrogens (tertiary/aromatic N) is 3. The van der Waals surface area contributed by atoms with Crippen molar-refractivity contribution in [3.05, 3.63) is 40.9 Å². The highest BCUT2D eigenvalue weighted by Gasteiger charge is 2.14. The van der Waals surface area contributed by atoms with Gasteiger partial charge in [0.15, 0.2) is 0 Å². The van der Waals surface area contributed by atoms with E-state index in [1.54, 1.807) is 24.5 Å². The molecule has 2 aromatic rings. The molecule has 1 N–H and O–H groups in total. The van der Waals surface area contributed by atoms with Crippen molar-refractivity contribution in [3.8, 4) is 0 Å². The van der Waals surface area contributed by atoms with Crippen molar-refractivity contribution in [2.24, 2.45) is 0 Å². The molecular formula is C12H11N3O3S. The fraction of sp³-hybridized carbons (Fsp3) is 0.167. The van der Waals surface area contributed by atoms with Crippen molar-refractivity contribution in [1.82, 2.24) is 15.2 Å². The molecule has 2 rings (SSSR count). The first-order chi connectivity index (χ1) is 9.19. The van der Waals surface area contributed by atoms with Crippen LogP contribution < -0.4 is 0 Å². The van der Waals surface area contributed by atoms with Crippen LogP contribution in [0.2, 0.25) is 0 Å². The van der Waals surface area contributed by atoms with E-state index in [1.807, 2.05) is 6.92 Å². The Labute approximate surface area is 113 Å². The smallest absolute Gasteiger partial charge is 0.342 e. The van der Waals surface area contributed by atoms with Gasteiger partial charge in [-0.05, 0) is 29.5 Å². The number of thioether (sulfide) groups is 1. The molecule has 0 amide bonds. The molecule has 0 radical (unpaired) electrons. The van der Waals surface area contributed by atoms with Crippen molar-refractivity contribution in [1.29, 1.82) is 0 Å². The molecule has 0 aromatic carbocycles. The van der Waals surface area contributed by atoms with Gasteiger partial charge in [0.05, 0.1) is 0 Å². The van der Waals surface area contributed by atoms with Crippen LogP contribution in [-0.2, 0) is 11.2 Å². The van der Waals surface area contributed by atoms with E-state index in [0.29, 0.717) is 17.9 Å². The lowest BCUT2D eigenvalue weighted by atomic mass is 10.2. The first-order valence-electron chi connectivity index (χ1n) is 5.54. The second-order valence-electron chi connectivity index (χ2n) is 3.52. The lowest BCUT2D eigenvalue weighted by Crippen LogP contribution is -1.96. The molecule has 98 valence electrons. The van der Waals surface area contributed by atoms with E-state index in [1.165, 1.54) is 6.08 Å². The Hall–Kier alpha value is -2.15. The van der Waals surface area contributed by atoms with E-state index < -0.39 is 5.97 Å². The Morgan fingerprint density at radius 3 is 2.95 bits per heavy atom. The van der Waals surface area contributed by atoms with Crippen molar-refractivity contribution in [2.75, 3.05) is 0 Å². The van der Waals surface area contributed by atoms with E-state index >= 15 is 0 Å². The standard InChI is InChI=1S/C12H11N3O3S/c1-2-10-14-15-12(18-10)19-9(11(16)17)6-8-4-3-5-13-7-8/h3-7H,2H2,1H3,(H,16,17)/b9-6-. The minimum atomic E-state index is -1.05. The molecule has 7 heteroatoms. The maximum Gasteiger partial charge on any atom is 0.342 e. The van der Waals surface area contributed by atoms with Crippen LogP contribution in [0.4, 0.5) is 0 Å². The average molecular weight is 277 g/mol. The third-order valence-corrected chi connectivity index (χ3v) is 2.99. The molecule has 2 aromatic heterocycles. The summed E-state index contributed by atoms with van der Waals surface area (Å²) in [4.78, 5) is 15.2. The quantitative estimate of drug-likeness (QED) is 0.662. The van der Waals surface area contributed by atoms with Gasteiger partial charge in [0.2, 0.25) is 5.89 Å². The van der Waals surface area contributed by atoms with Gasteiger partial charge < -0.3 is 9.52 Å². The molecule has 0 saturated carbocycles. The van der Waals surface area contributed by atoms with Gasteiger partial charge in [-0.2, -0.15) is 0 Å². The molecule has 0 aliphatic rings. The number of rotatable bonds is 5. The molecule has 0 unspecified atom stereocenters. The first-order valence-corrected chi connectivity index (χ1v) is 6.36. The van der Waals surface area contributed by atoms with E-state index in [9.17, 15) is 4.79 Å². The monoisotopic (exact) mass is 277 g/mol. The van der Waals surface area contributed by atoms with E-state index in [-0.39, 0.29) is 10.1 Å². The zero-order valence-electron chi connectivity index (χ0n) is 10.1. The Kier molecular flexibility index (Phi) is 4.30. The largest absolute Gasteiger partial charge is 0.477 e. The molecule has 0 aliphatic carbocycles. The van der Waals surface area contributed by atoms with Crippen LogP contribution in [0.3, 0.4) is 0 Å². The number of hydrogen-bond donors (Lipinski definition) is 1. The molecule has 0 aliphatic heterocycles. The second kappa shape index (κ2) is 6.14. The van der Waals surface area contributed by atoms with Crippen LogP contribution in [0.25, 0.3) is 6.08 Å². The zero-order chi connectivity index (χ0) is 13.7. The van der Waals surface area contributed by atoms with Crippen LogP contribution in [0, 0.1) is 0 Å². The Balaban J connectivity index is 2.21. The Bertz CT molecular complexity index is 595. The highest BCUT2D eigenvalue weighted by Crippen LogP contribution is 2.27. The van der Waals surface area contributed by atoms with E-state index in [0.717, 1.165) is 11.8 Å². The third kappa shape index (κ3) is 3.65. The molecule has 6 nitrogen and oxygen atoms in total. The van der Waals surface area contributed by atoms with Gasteiger partial charge in [0, 0.05) is 18.8 Å². The summed E-state index contributed by atoms with van der Waals surface area (Å²) in [5, 5.41) is 16.9. The first kappa shape index (κ1) is 13.3. The summed E-state index contributed by atoms with van der Waals surface area (Å²) in [6, 6.07) is 3.50. The highest BCUT2D eigenvalue weighted by molar-refractivity contribution is 8.03. The predicted molar refractivity (Wildman–Crippen MR) is 69.4 cm³/mol. The van der Waals surface area contributed by atoms with Crippen molar-refractivity contribution >= 4 is 23.8 Å². The molecule has 0 bridgehead atoms. The SMILES string of the molecule is CCc1nnc(S/C(=C\c2cccnc2)C(=O)O)o1. The highest BCUT2D eigenvalue weighted by atomic mass is 32.2. The minimum Gasteiger partial charge on any atom is -0.477 e. The summed E-state index contributed by atoms with van der Waals surface area (Å²) in [5.41, 5.74) is 0.697. The van der Waals surface area contributed by atoms with Gasteiger partial charge in [-0.15, -0.1) is 10.2 Å². The summed E-state index contributed by atoms with van der Waals surface area (Å²) in [6.07, 6.45) is 5.32. The Morgan fingerprint density at radius 1 is 1.53 bits per heavy atom. The lowest BCUT2D eigenvalue weighted by molar-refractivity contribution is -0.131. The number of carboxylic acids is 1. The minimum absolute atomic E-state index is 0.0966. The van der Waals surface area contributed by atoms with Gasteiger partial charge in [-0.3, -0.25) is 4.98 Å². The van der Waals surface area contributed by atoms with Crippen LogP contribution in [0.1, 0.15) is 18.4 Å². The molecule has 0 saturated heterocycles. The van der Waals surface area contributed by atoms with Crippen molar-refractivity contribution in [3.63, 3.8) is 0 Å². The number of carboxylic acid groups (broad SMARTS) is 1. The van der Waals surface area contributed by atoms with Crippen molar-refractivity contribution in [2.45, 2.75) is 18.6 Å². The molecule has 19 heavy (non-hydrogen) atoms. The van der Waals surface area contributed by atoms with Gasteiger partial charge in [0.25, 0.3) is 5.22 Å². The van der Waals surface area contributed by atoms with Gasteiger partial charge >= 0.3 is 5.97 Å². The topological polar surface area (TPSA) is 89.1 Å². The molecule has 0 fully saturated rings. The van der Waals surface area contributed by atoms with Crippen molar-refractivity contribution < 1.29 is 14.3 Å². The number of carbonyl (C=O) groups is 1. The molecule has 0 spiro atoms. The summed E-state index contributed by atoms with van der Waals surface area (Å²) in [6.45, 7) is 1.88. The molecule has 2 heterocycles. The number of aryl methyl sites for hydroxylation is 1. The zero-order valence-corrected chi connectivity index (χ0v) is 10.9. The summed E-state index contributed by atoms with van der Waals surface area (Å²) < 4.78 is 5.27. The predicted octanol–water partition coefficient (Wildman–Crippen LogP) is 2.24. The fourth-order valence-electron chi connectivity index (χ4n) is 1.26. The molecule has 0 atom stereocenters. The average Bonchev–Trinajstić information content (AvgIpc) is 2.87. The Morgan fingerprint density at radius 2 is 2.37 bits per heavy atom. The summed E-state index contributed by atoms with van der Waals surface area (Å²) in [5.74, 6) is -0.571. The van der Waals surface area contributed by atoms with Gasteiger partial charge in [0.1, 0.15) is 4.91 Å². The number of aliphatic carboxylic acids is 1. The number of hydrogen-bond acceptors (Lipinski definition) is 6. The lowest BCUT2D eigenvalue weighted by Gasteiger charge is -1.98. The normalized spacial score (nSPS) is 11.5. The van der Waals surface area contributed by atoms with Crippen LogP contribution in [0.15, 0.2) is 39.1 Å². The maximum absolute atomic E-state index is 11.2. The van der Waals surface area contributed by atoms with Gasteiger partial charge in [-0.1, -0.05) is 13.0 Å². The van der Waals surface area contributed by atoms with E-state index in [2.05, 4.69) is 15.2 Å². The van der Waals surface area contributed by atoms with Gasteiger partial charge in [-0.25, -0.2) is 4.79 Å². The number of aromatic nitrogens is 3. The number of pyridine rings is 1. The molecular weight excluding hydrogens is 266 g/mol. The van der Waals surface area contributed by atoms with Crippen LogP contribution >= 0.6 is 11.8 Å². The fourth-order valence-corrected chi connectivity index (χ4v) is 1.95. The van der Waals surface area contributed by atoms with E-state index in [4.69, 9.17) is 9.52 Å². The third-order valence-electron chi connectivity index (χ3n) is 2.14. The van der Waals surface area contributed by atoms with Crippen LogP contribution in [-0.4, -0.2) is 26.3 Å². The summed E-state index contributed by atoms with van der Waals surface area (Å²) in [7, 11) is 0. The maximum atomic E-state index is 11.2.